The van der Waals surface area contributed by atoms with Crippen LogP contribution < -0.4 is 20.5 Å². The van der Waals surface area contributed by atoms with E-state index in [1.165, 1.54) is 0 Å². The number of hydrogen-bond donors (Lipinski definition) is 2. The highest BCUT2D eigenvalue weighted by atomic mass is 16.5. The number of anilines is 1. The molecule has 0 aliphatic heterocycles. The van der Waals surface area contributed by atoms with Gasteiger partial charge in [-0.15, -0.1) is 0 Å². The number of benzene rings is 2. The van der Waals surface area contributed by atoms with Crippen molar-refractivity contribution in [2.24, 2.45) is 0 Å². The highest BCUT2D eigenvalue weighted by Crippen LogP contribution is 2.13. The van der Waals surface area contributed by atoms with Crippen molar-refractivity contribution < 1.29 is 14.3 Å². The molecule has 2 aromatic rings. The van der Waals surface area contributed by atoms with Gasteiger partial charge in [0, 0.05) is 25.3 Å². The highest BCUT2D eigenvalue weighted by molar-refractivity contribution is 5.96. The van der Waals surface area contributed by atoms with Crippen molar-refractivity contribution in [1.29, 1.82) is 0 Å². The van der Waals surface area contributed by atoms with E-state index >= 15 is 0 Å². The number of aryl methyl sites for hydroxylation is 1. The molecule has 0 unspecified atom stereocenters. The molecule has 2 amide bonds. The topological polar surface area (TPSA) is 70.7 Å². The van der Waals surface area contributed by atoms with Crippen LogP contribution in [0.4, 0.5) is 5.69 Å². The summed E-state index contributed by atoms with van der Waals surface area (Å²) in [4.78, 5) is 25.8. The third-order valence-electron chi connectivity index (χ3n) is 3.56. The molecule has 2 N–H and O–H groups in total. The summed E-state index contributed by atoms with van der Waals surface area (Å²) in [6.07, 6.45) is 0.145. The van der Waals surface area contributed by atoms with Gasteiger partial charge in [-0.1, -0.05) is 23.8 Å². The summed E-state index contributed by atoms with van der Waals surface area (Å²) < 4.78 is 5.49. The predicted molar refractivity (Wildman–Crippen MR) is 97.7 cm³/mol. The number of carbonyl (C=O) groups is 2. The zero-order valence-corrected chi connectivity index (χ0v) is 14.7. The maximum absolute atomic E-state index is 12.1. The van der Waals surface area contributed by atoms with Gasteiger partial charge in [0.05, 0.1) is 13.0 Å². The second-order valence-corrected chi connectivity index (χ2v) is 5.86. The molecular weight excluding hydrogens is 318 g/mol. The molecule has 0 radical (unpaired) electrons. The molecule has 6 heteroatoms. The second kappa shape index (κ2) is 8.73. The van der Waals surface area contributed by atoms with E-state index in [1.807, 2.05) is 56.3 Å². The first-order valence-electron chi connectivity index (χ1n) is 8.02. The van der Waals surface area contributed by atoms with E-state index < -0.39 is 0 Å². The lowest BCUT2D eigenvalue weighted by Crippen LogP contribution is -2.42. The molecule has 0 saturated heterocycles. The van der Waals surface area contributed by atoms with E-state index in [0.29, 0.717) is 11.3 Å². The van der Waals surface area contributed by atoms with Gasteiger partial charge in [-0.25, -0.2) is 0 Å². The van der Waals surface area contributed by atoms with Crippen molar-refractivity contribution >= 4 is 17.5 Å². The molecule has 25 heavy (non-hydrogen) atoms. The molecule has 0 aromatic heterocycles. The van der Waals surface area contributed by atoms with Crippen molar-refractivity contribution in [2.75, 3.05) is 25.6 Å². The minimum absolute atomic E-state index is 0.145. The zero-order chi connectivity index (χ0) is 18.2. The number of hydrogen-bond acceptors (Lipinski definition) is 4. The molecule has 0 aliphatic rings. The number of rotatable bonds is 6. The Morgan fingerprint density at radius 2 is 1.76 bits per heavy atom. The molecule has 0 bridgehead atoms. The van der Waals surface area contributed by atoms with Crippen LogP contribution in [0.25, 0.3) is 0 Å². The lowest BCUT2D eigenvalue weighted by molar-refractivity contribution is -0.122. The van der Waals surface area contributed by atoms with Crippen LogP contribution in [0.3, 0.4) is 0 Å². The molecule has 0 atom stereocenters. The first kappa shape index (κ1) is 18.3. The minimum Gasteiger partial charge on any atom is -0.493 e. The SMILES string of the molecule is Cc1ccc(OCCC(=O)NNC(=O)c2cccc(N(C)C)c2)cc1. The fourth-order valence-electron chi connectivity index (χ4n) is 2.08. The first-order valence-corrected chi connectivity index (χ1v) is 8.02. The molecule has 0 aliphatic carbocycles. The van der Waals surface area contributed by atoms with Crippen molar-refractivity contribution in [3.8, 4) is 5.75 Å². The van der Waals surface area contributed by atoms with Crippen LogP contribution in [0.1, 0.15) is 22.3 Å². The monoisotopic (exact) mass is 341 g/mol. The van der Waals surface area contributed by atoms with Crippen molar-refractivity contribution in [3.05, 3.63) is 59.7 Å². The molecular formula is C19H23N3O3. The Morgan fingerprint density at radius 3 is 2.44 bits per heavy atom. The van der Waals surface area contributed by atoms with Gasteiger partial charge in [-0.2, -0.15) is 0 Å². The van der Waals surface area contributed by atoms with Gasteiger partial charge in [-0.05, 0) is 37.3 Å². The van der Waals surface area contributed by atoms with E-state index in [9.17, 15) is 9.59 Å². The third kappa shape index (κ3) is 5.84. The fourth-order valence-corrected chi connectivity index (χ4v) is 2.08. The summed E-state index contributed by atoms with van der Waals surface area (Å²) in [6, 6.07) is 14.7. The highest BCUT2D eigenvalue weighted by Gasteiger charge is 2.09. The summed E-state index contributed by atoms with van der Waals surface area (Å²) in [5.74, 6) is 0.0312. The van der Waals surface area contributed by atoms with Crippen molar-refractivity contribution in [1.82, 2.24) is 10.9 Å². The van der Waals surface area contributed by atoms with Gasteiger partial charge in [0.1, 0.15) is 5.75 Å². The van der Waals surface area contributed by atoms with E-state index in [2.05, 4.69) is 10.9 Å². The maximum Gasteiger partial charge on any atom is 0.269 e. The van der Waals surface area contributed by atoms with E-state index in [-0.39, 0.29) is 24.8 Å². The van der Waals surface area contributed by atoms with E-state index in [4.69, 9.17) is 4.74 Å². The minimum atomic E-state index is -0.364. The summed E-state index contributed by atoms with van der Waals surface area (Å²) in [7, 11) is 3.79. The van der Waals surface area contributed by atoms with Gasteiger partial charge in [-0.3, -0.25) is 20.4 Å². The molecule has 0 saturated carbocycles. The normalized spacial score (nSPS) is 10.0. The van der Waals surface area contributed by atoms with Crippen LogP contribution in [-0.2, 0) is 4.79 Å². The largest absolute Gasteiger partial charge is 0.493 e. The number of nitrogens with zero attached hydrogens (tertiary/aromatic N) is 1. The molecule has 0 fully saturated rings. The fraction of sp³-hybridized carbons (Fsp3) is 0.263. The van der Waals surface area contributed by atoms with Crippen LogP contribution >= 0.6 is 0 Å². The number of amides is 2. The molecule has 2 rings (SSSR count). The molecule has 0 heterocycles. The number of hydrazine groups is 1. The predicted octanol–water partition coefficient (Wildman–Crippen LogP) is 2.29. The maximum atomic E-state index is 12.1. The van der Waals surface area contributed by atoms with Crippen LogP contribution in [0, 0.1) is 6.92 Å². The summed E-state index contributed by atoms with van der Waals surface area (Å²) >= 11 is 0. The quantitative estimate of drug-likeness (QED) is 0.791. The zero-order valence-electron chi connectivity index (χ0n) is 14.7. The van der Waals surface area contributed by atoms with Crippen LogP contribution in [0.15, 0.2) is 48.5 Å². The Morgan fingerprint density at radius 1 is 1.04 bits per heavy atom. The van der Waals surface area contributed by atoms with Gasteiger partial charge < -0.3 is 9.64 Å². The van der Waals surface area contributed by atoms with Crippen molar-refractivity contribution in [2.45, 2.75) is 13.3 Å². The van der Waals surface area contributed by atoms with Crippen LogP contribution in [0.5, 0.6) is 5.75 Å². The average molecular weight is 341 g/mol. The second-order valence-electron chi connectivity index (χ2n) is 5.86. The van der Waals surface area contributed by atoms with Crippen molar-refractivity contribution in [3.63, 3.8) is 0 Å². The number of carbonyl (C=O) groups excluding carboxylic acids is 2. The lowest BCUT2D eigenvalue weighted by Gasteiger charge is -2.13. The Labute approximate surface area is 147 Å². The smallest absolute Gasteiger partial charge is 0.269 e. The molecule has 2 aromatic carbocycles. The standard InChI is InChI=1S/C19H23N3O3/c1-14-7-9-17(10-8-14)25-12-11-18(23)20-21-19(24)15-5-4-6-16(13-15)22(2)3/h4-10,13H,11-12H2,1-3H3,(H,20,23)(H,21,24). The van der Waals surface area contributed by atoms with Gasteiger partial charge in [0.25, 0.3) is 5.91 Å². The first-order chi connectivity index (χ1) is 12.0. The average Bonchev–Trinajstić information content (AvgIpc) is 2.61. The molecule has 6 nitrogen and oxygen atoms in total. The van der Waals surface area contributed by atoms with E-state index in [0.717, 1.165) is 11.3 Å². The Bertz CT molecular complexity index is 727. The lowest BCUT2D eigenvalue weighted by atomic mass is 10.2. The van der Waals surface area contributed by atoms with Gasteiger partial charge >= 0.3 is 0 Å². The molecule has 132 valence electrons. The number of ether oxygens (including phenoxy) is 1. The summed E-state index contributed by atoms with van der Waals surface area (Å²) in [5.41, 5.74) is 7.33. The van der Waals surface area contributed by atoms with Gasteiger partial charge in [0.15, 0.2) is 0 Å². The van der Waals surface area contributed by atoms with Crippen LogP contribution in [-0.4, -0.2) is 32.5 Å². The summed E-state index contributed by atoms with van der Waals surface area (Å²) in [5, 5.41) is 0. The third-order valence-corrected chi connectivity index (χ3v) is 3.56. The number of nitrogens with one attached hydrogen (secondary N) is 2. The Hall–Kier alpha value is -3.02. The Kier molecular flexibility index (Phi) is 6.39. The Balaban J connectivity index is 1.74. The van der Waals surface area contributed by atoms with E-state index in [1.54, 1.807) is 18.2 Å². The summed E-state index contributed by atoms with van der Waals surface area (Å²) in [6.45, 7) is 2.23. The van der Waals surface area contributed by atoms with Crippen LogP contribution in [0.2, 0.25) is 0 Å². The van der Waals surface area contributed by atoms with Gasteiger partial charge in [0.2, 0.25) is 5.91 Å². The molecule has 0 spiro atoms.